The Hall–Kier alpha value is -1.14. The Morgan fingerprint density at radius 2 is 1.73 bits per heavy atom. The van der Waals surface area contributed by atoms with Gasteiger partial charge < -0.3 is 14.4 Å². The van der Waals surface area contributed by atoms with Crippen molar-refractivity contribution in [1.29, 1.82) is 0 Å². The molecule has 22 heavy (non-hydrogen) atoms. The molecule has 0 bridgehead atoms. The molecule has 0 aliphatic carbocycles. The first-order chi connectivity index (χ1) is 10.5. The number of amides is 1. The van der Waals surface area contributed by atoms with Crippen molar-refractivity contribution in [3.8, 4) is 0 Å². The number of morpholine rings is 1. The highest BCUT2D eigenvalue weighted by molar-refractivity contribution is 5.79. The minimum Gasteiger partial charge on any atom is -0.466 e. The van der Waals surface area contributed by atoms with E-state index in [1.165, 1.54) is 0 Å². The highest BCUT2D eigenvalue weighted by Crippen LogP contribution is 2.19. The fourth-order valence-electron chi connectivity index (χ4n) is 3.33. The number of likely N-dealkylation sites (tertiary alicyclic amines) is 1. The molecule has 2 aliphatic heterocycles. The van der Waals surface area contributed by atoms with Gasteiger partial charge in [0.1, 0.15) is 0 Å². The molecule has 2 atom stereocenters. The van der Waals surface area contributed by atoms with Crippen molar-refractivity contribution in [2.24, 2.45) is 5.92 Å². The fourth-order valence-corrected chi connectivity index (χ4v) is 3.33. The topological polar surface area (TPSA) is 59.1 Å². The zero-order valence-electron chi connectivity index (χ0n) is 13.9. The lowest BCUT2D eigenvalue weighted by molar-refractivity contribution is -0.151. The number of carbonyl (C=O) groups is 2. The molecule has 2 unspecified atom stereocenters. The van der Waals surface area contributed by atoms with Gasteiger partial charge in [0.2, 0.25) is 5.91 Å². The highest BCUT2D eigenvalue weighted by atomic mass is 16.5. The van der Waals surface area contributed by atoms with Gasteiger partial charge in [-0.15, -0.1) is 0 Å². The van der Waals surface area contributed by atoms with Crippen LogP contribution in [0.25, 0.3) is 0 Å². The molecule has 0 aromatic carbocycles. The maximum Gasteiger partial charge on any atom is 0.309 e. The zero-order valence-corrected chi connectivity index (χ0v) is 13.9. The van der Waals surface area contributed by atoms with Gasteiger partial charge in [0.15, 0.2) is 0 Å². The molecule has 2 aliphatic rings. The van der Waals surface area contributed by atoms with Crippen LogP contribution in [-0.2, 0) is 19.1 Å². The lowest BCUT2D eigenvalue weighted by atomic mass is 9.97. The predicted molar refractivity (Wildman–Crippen MR) is 82.4 cm³/mol. The number of piperidine rings is 1. The summed E-state index contributed by atoms with van der Waals surface area (Å²) in [6.45, 7) is 9.67. The molecule has 126 valence electrons. The van der Waals surface area contributed by atoms with Crippen molar-refractivity contribution in [1.82, 2.24) is 9.80 Å². The Morgan fingerprint density at radius 1 is 1.14 bits per heavy atom. The first kappa shape index (κ1) is 17.2. The Bertz CT molecular complexity index is 384. The molecule has 1 amide bonds. The van der Waals surface area contributed by atoms with Gasteiger partial charge in [-0.05, 0) is 33.6 Å². The lowest BCUT2D eigenvalue weighted by Gasteiger charge is -2.37. The second kappa shape index (κ2) is 7.92. The summed E-state index contributed by atoms with van der Waals surface area (Å²) in [4.78, 5) is 28.2. The summed E-state index contributed by atoms with van der Waals surface area (Å²) in [6.07, 6.45) is 1.76. The Kier molecular flexibility index (Phi) is 6.20. The van der Waals surface area contributed by atoms with E-state index < -0.39 is 0 Å². The van der Waals surface area contributed by atoms with Gasteiger partial charge in [-0.25, -0.2) is 0 Å². The van der Waals surface area contributed by atoms with E-state index in [4.69, 9.17) is 9.47 Å². The molecule has 0 aromatic rings. The van der Waals surface area contributed by atoms with Crippen LogP contribution in [0.4, 0.5) is 0 Å². The van der Waals surface area contributed by atoms with Gasteiger partial charge in [0.25, 0.3) is 0 Å². The summed E-state index contributed by atoms with van der Waals surface area (Å²) < 4.78 is 10.7. The first-order valence-corrected chi connectivity index (χ1v) is 8.31. The van der Waals surface area contributed by atoms with E-state index in [-0.39, 0.29) is 30.0 Å². The minimum atomic E-state index is -0.120. The fraction of sp³-hybridized carbons (Fsp3) is 0.875. The van der Waals surface area contributed by atoms with Gasteiger partial charge in [-0.2, -0.15) is 0 Å². The molecule has 0 radical (unpaired) electrons. The smallest absolute Gasteiger partial charge is 0.309 e. The van der Waals surface area contributed by atoms with Crippen LogP contribution in [0.2, 0.25) is 0 Å². The van der Waals surface area contributed by atoms with E-state index in [0.717, 1.165) is 13.1 Å². The Balaban J connectivity index is 1.76. The molecule has 0 N–H and O–H groups in total. The number of hydrogen-bond acceptors (Lipinski definition) is 5. The maximum absolute atomic E-state index is 12.4. The minimum absolute atomic E-state index is 0.0487. The molecule has 0 spiro atoms. The van der Waals surface area contributed by atoms with E-state index >= 15 is 0 Å². The third-order valence-electron chi connectivity index (χ3n) is 4.32. The van der Waals surface area contributed by atoms with Crippen molar-refractivity contribution in [2.45, 2.75) is 45.8 Å². The van der Waals surface area contributed by atoms with E-state index in [2.05, 4.69) is 4.90 Å². The number of ether oxygens (including phenoxy) is 2. The lowest BCUT2D eigenvalue weighted by Crippen LogP contribution is -2.51. The van der Waals surface area contributed by atoms with Gasteiger partial charge in [-0.1, -0.05) is 0 Å². The number of hydrogen-bond donors (Lipinski definition) is 0. The normalized spacial score (nSPS) is 27.7. The molecule has 6 heteroatoms. The zero-order chi connectivity index (χ0) is 16.1. The van der Waals surface area contributed by atoms with E-state index in [9.17, 15) is 9.59 Å². The molecular formula is C16H28N2O4. The summed E-state index contributed by atoms with van der Waals surface area (Å²) in [6, 6.07) is 0. The second-order valence-corrected chi connectivity index (χ2v) is 6.36. The molecule has 0 aromatic heterocycles. The molecule has 2 saturated heterocycles. The number of esters is 1. The Labute approximate surface area is 132 Å². The van der Waals surface area contributed by atoms with Gasteiger partial charge >= 0.3 is 5.97 Å². The average Bonchev–Trinajstić information content (AvgIpc) is 2.46. The summed E-state index contributed by atoms with van der Waals surface area (Å²) in [5, 5.41) is 0. The van der Waals surface area contributed by atoms with Crippen LogP contribution in [0.1, 0.15) is 33.6 Å². The van der Waals surface area contributed by atoms with E-state index in [1.807, 2.05) is 25.7 Å². The van der Waals surface area contributed by atoms with Crippen LogP contribution in [0, 0.1) is 5.92 Å². The SMILES string of the molecule is CCOC(=O)C1CCN(C(=O)CN2CC(C)OC(C)C2)CC1. The van der Waals surface area contributed by atoms with Crippen molar-refractivity contribution < 1.29 is 19.1 Å². The van der Waals surface area contributed by atoms with Crippen LogP contribution < -0.4 is 0 Å². The van der Waals surface area contributed by atoms with E-state index in [1.54, 1.807) is 0 Å². The average molecular weight is 312 g/mol. The van der Waals surface area contributed by atoms with Crippen molar-refractivity contribution in [3.63, 3.8) is 0 Å². The molecule has 2 heterocycles. The third-order valence-corrected chi connectivity index (χ3v) is 4.32. The molecule has 2 fully saturated rings. The predicted octanol–water partition coefficient (Wildman–Crippen LogP) is 0.897. The molecule has 2 rings (SSSR count). The third kappa shape index (κ3) is 4.68. The quantitative estimate of drug-likeness (QED) is 0.722. The maximum atomic E-state index is 12.4. The van der Waals surface area contributed by atoms with Gasteiger partial charge in [0.05, 0.1) is 31.3 Å². The summed E-state index contributed by atoms with van der Waals surface area (Å²) in [5.41, 5.74) is 0. The molecule has 0 saturated carbocycles. The summed E-state index contributed by atoms with van der Waals surface area (Å²) in [7, 11) is 0. The molecular weight excluding hydrogens is 284 g/mol. The van der Waals surface area contributed by atoms with Crippen LogP contribution >= 0.6 is 0 Å². The van der Waals surface area contributed by atoms with E-state index in [0.29, 0.717) is 39.1 Å². The number of carbonyl (C=O) groups excluding carboxylic acids is 2. The van der Waals surface area contributed by atoms with Crippen LogP contribution in [-0.4, -0.2) is 73.2 Å². The van der Waals surface area contributed by atoms with Crippen molar-refractivity contribution >= 4 is 11.9 Å². The van der Waals surface area contributed by atoms with Crippen LogP contribution in [0.5, 0.6) is 0 Å². The van der Waals surface area contributed by atoms with Crippen molar-refractivity contribution in [3.05, 3.63) is 0 Å². The highest BCUT2D eigenvalue weighted by Gasteiger charge is 2.30. The van der Waals surface area contributed by atoms with Crippen molar-refractivity contribution in [2.75, 3.05) is 39.3 Å². The van der Waals surface area contributed by atoms with Crippen LogP contribution in [0.15, 0.2) is 0 Å². The summed E-state index contributed by atoms with van der Waals surface area (Å²) >= 11 is 0. The standard InChI is InChI=1S/C16H28N2O4/c1-4-21-16(20)14-5-7-18(8-6-14)15(19)11-17-9-12(2)22-13(3)10-17/h12-14H,4-11H2,1-3H3. The van der Waals surface area contributed by atoms with Gasteiger partial charge in [0, 0.05) is 26.2 Å². The monoisotopic (exact) mass is 312 g/mol. The van der Waals surface area contributed by atoms with Crippen LogP contribution in [0.3, 0.4) is 0 Å². The molecule has 6 nitrogen and oxygen atoms in total. The Morgan fingerprint density at radius 3 is 2.27 bits per heavy atom. The summed E-state index contributed by atoms with van der Waals surface area (Å²) in [5.74, 6) is -0.0125. The van der Waals surface area contributed by atoms with Gasteiger partial charge in [-0.3, -0.25) is 14.5 Å². The largest absolute Gasteiger partial charge is 0.466 e. The number of rotatable bonds is 4. The second-order valence-electron chi connectivity index (χ2n) is 6.36. The number of nitrogens with zero attached hydrogens (tertiary/aromatic N) is 2. The first-order valence-electron chi connectivity index (χ1n) is 8.31.